The zero-order valence-corrected chi connectivity index (χ0v) is 23.6. The van der Waals surface area contributed by atoms with E-state index in [1.807, 2.05) is 76.2 Å². The first kappa shape index (κ1) is 28.5. The van der Waals surface area contributed by atoms with Gasteiger partial charge in [-0.05, 0) is 71.0 Å². The molecule has 2 fully saturated rings. The monoisotopic (exact) mass is 560 g/mol. The molecule has 1 heterocycles. The predicted octanol–water partition coefficient (Wildman–Crippen LogP) is 5.61. The molecule has 1 saturated carbocycles. The molecule has 1 aliphatic heterocycles. The number of benzene rings is 3. The molecule has 6 nitrogen and oxygen atoms in total. The predicted molar refractivity (Wildman–Crippen MR) is 151 cm³/mol. The summed E-state index contributed by atoms with van der Waals surface area (Å²) in [5, 5.41) is 12.4. The Morgan fingerprint density at radius 2 is 1.68 bits per heavy atom. The number of piperidine rings is 1. The smallest absolute Gasteiger partial charge is 0.305 e. The quantitative estimate of drug-likeness (QED) is 0.375. The Morgan fingerprint density at radius 3 is 2.32 bits per heavy atom. The topological polar surface area (TPSA) is 86.7 Å². The van der Waals surface area contributed by atoms with Crippen molar-refractivity contribution >= 4 is 17.8 Å². The van der Waals surface area contributed by atoms with Crippen molar-refractivity contribution in [2.75, 3.05) is 6.54 Å². The van der Waals surface area contributed by atoms with Gasteiger partial charge in [0.1, 0.15) is 6.04 Å². The molecule has 8 heteroatoms. The number of hydrogen-bond acceptors (Lipinski definition) is 3. The van der Waals surface area contributed by atoms with Crippen LogP contribution >= 0.6 is 0 Å². The highest BCUT2D eigenvalue weighted by Crippen LogP contribution is 2.65. The largest absolute Gasteiger partial charge is 0.481 e. The standard InChI is InChI=1S/C33H34F2N2O4/c1-18-9-8-10-19(2)28(18)21-14-22(30(35)24(34)15-21)25(16-27(39)40)36-32(41)31-29-23(33(29,3)4)17-37(31)26(38)13-20-11-6-5-7-12-20/h5-12,14-15,23,25,29,31H,13,16-17H2,1-4H3,(H,36,41)(H,39,40)/t23-,25-,29-,31-/m0/s1. The average molecular weight is 561 g/mol. The normalized spacial score (nSPS) is 21.2. The number of rotatable bonds is 8. The molecule has 1 saturated heterocycles. The molecule has 2 N–H and O–H groups in total. The molecule has 2 aliphatic rings. The molecule has 3 aromatic carbocycles. The highest BCUT2D eigenvalue weighted by molar-refractivity contribution is 5.91. The highest BCUT2D eigenvalue weighted by atomic mass is 19.2. The minimum Gasteiger partial charge on any atom is -0.481 e. The van der Waals surface area contributed by atoms with E-state index in [9.17, 15) is 23.9 Å². The second kappa shape index (κ2) is 10.7. The fourth-order valence-electron chi connectivity index (χ4n) is 6.66. The van der Waals surface area contributed by atoms with E-state index in [0.29, 0.717) is 17.7 Å². The lowest BCUT2D eigenvalue weighted by Crippen LogP contribution is -2.51. The van der Waals surface area contributed by atoms with Crippen LogP contribution in [0.15, 0.2) is 60.7 Å². The van der Waals surface area contributed by atoms with Crippen LogP contribution in [0.5, 0.6) is 0 Å². The van der Waals surface area contributed by atoms with Gasteiger partial charge in [-0.2, -0.15) is 0 Å². The second-order valence-corrected chi connectivity index (χ2v) is 11.9. The first-order valence-corrected chi connectivity index (χ1v) is 13.8. The van der Waals surface area contributed by atoms with E-state index in [0.717, 1.165) is 22.8 Å². The van der Waals surface area contributed by atoms with Crippen LogP contribution in [0.4, 0.5) is 8.78 Å². The molecular weight excluding hydrogens is 526 g/mol. The summed E-state index contributed by atoms with van der Waals surface area (Å²) < 4.78 is 30.3. The summed E-state index contributed by atoms with van der Waals surface area (Å²) in [6.07, 6.45) is -0.527. The number of nitrogens with one attached hydrogen (secondary N) is 1. The number of fused-ring (bicyclic) bond motifs is 1. The lowest BCUT2D eigenvalue weighted by Gasteiger charge is -2.31. The minimum absolute atomic E-state index is 0.116. The van der Waals surface area contributed by atoms with Gasteiger partial charge in [-0.15, -0.1) is 0 Å². The van der Waals surface area contributed by atoms with Gasteiger partial charge in [0.15, 0.2) is 11.6 Å². The van der Waals surface area contributed by atoms with Gasteiger partial charge < -0.3 is 15.3 Å². The summed E-state index contributed by atoms with van der Waals surface area (Å²) >= 11 is 0. The number of likely N-dealkylation sites (tertiary alicyclic amines) is 1. The maximum absolute atomic E-state index is 15.3. The first-order chi connectivity index (χ1) is 19.4. The van der Waals surface area contributed by atoms with Gasteiger partial charge in [0.05, 0.1) is 18.9 Å². The molecule has 1 aliphatic carbocycles. The molecule has 0 bridgehead atoms. The van der Waals surface area contributed by atoms with Crippen LogP contribution in [-0.4, -0.2) is 40.4 Å². The zero-order chi connectivity index (χ0) is 29.6. The van der Waals surface area contributed by atoms with Crippen molar-refractivity contribution in [3.8, 4) is 11.1 Å². The summed E-state index contributed by atoms with van der Waals surface area (Å²) in [5.41, 5.74) is 3.20. The van der Waals surface area contributed by atoms with E-state index >= 15 is 4.39 Å². The number of amides is 2. The number of carbonyl (C=O) groups excluding carboxylic acids is 2. The van der Waals surface area contributed by atoms with Crippen molar-refractivity contribution in [2.24, 2.45) is 17.3 Å². The van der Waals surface area contributed by atoms with Crippen LogP contribution in [0.2, 0.25) is 0 Å². The van der Waals surface area contributed by atoms with Crippen molar-refractivity contribution in [1.29, 1.82) is 0 Å². The van der Waals surface area contributed by atoms with Gasteiger partial charge in [0.2, 0.25) is 11.8 Å². The Morgan fingerprint density at radius 1 is 1.02 bits per heavy atom. The van der Waals surface area contributed by atoms with E-state index in [1.165, 1.54) is 6.07 Å². The Hall–Kier alpha value is -4.07. The van der Waals surface area contributed by atoms with Crippen LogP contribution in [-0.2, 0) is 20.8 Å². The number of aliphatic carboxylic acids is 1. The maximum atomic E-state index is 15.3. The van der Waals surface area contributed by atoms with Crippen LogP contribution in [0.3, 0.4) is 0 Å². The highest BCUT2D eigenvalue weighted by Gasteiger charge is 2.69. The van der Waals surface area contributed by atoms with E-state index in [4.69, 9.17) is 0 Å². The molecule has 41 heavy (non-hydrogen) atoms. The third kappa shape index (κ3) is 5.35. The number of halogens is 2. The van der Waals surface area contributed by atoms with Crippen molar-refractivity contribution in [3.05, 3.63) is 94.6 Å². The van der Waals surface area contributed by atoms with E-state index in [2.05, 4.69) is 5.32 Å². The van der Waals surface area contributed by atoms with Gasteiger partial charge in [-0.3, -0.25) is 14.4 Å². The average Bonchev–Trinajstić information content (AvgIpc) is 3.22. The van der Waals surface area contributed by atoms with Crippen molar-refractivity contribution in [1.82, 2.24) is 10.2 Å². The molecule has 3 aromatic rings. The minimum atomic E-state index is -1.34. The molecule has 0 radical (unpaired) electrons. The van der Waals surface area contributed by atoms with Crippen LogP contribution < -0.4 is 5.32 Å². The SMILES string of the molecule is Cc1cccc(C)c1-c1cc(F)c(F)c([C@H](CC(=O)O)NC(=O)[C@@H]2[C@@H]3[C@H](CN2C(=O)Cc2ccccc2)C3(C)C)c1. The van der Waals surface area contributed by atoms with Gasteiger partial charge in [0.25, 0.3) is 0 Å². The molecule has 0 aromatic heterocycles. The summed E-state index contributed by atoms with van der Waals surface area (Å²) in [6, 6.07) is 15.1. The van der Waals surface area contributed by atoms with Gasteiger partial charge >= 0.3 is 5.97 Å². The van der Waals surface area contributed by atoms with Crippen molar-refractivity contribution in [3.63, 3.8) is 0 Å². The molecule has 4 atom stereocenters. The number of carboxylic acids is 1. The van der Waals surface area contributed by atoms with Gasteiger partial charge in [0, 0.05) is 12.1 Å². The summed E-state index contributed by atoms with van der Waals surface area (Å²) in [7, 11) is 0. The van der Waals surface area contributed by atoms with Crippen LogP contribution in [0, 0.1) is 42.7 Å². The Balaban J connectivity index is 1.47. The maximum Gasteiger partial charge on any atom is 0.305 e. The first-order valence-electron chi connectivity index (χ1n) is 13.8. The van der Waals surface area contributed by atoms with Crippen molar-refractivity contribution in [2.45, 2.75) is 52.6 Å². The van der Waals surface area contributed by atoms with E-state index in [1.54, 1.807) is 4.90 Å². The fraction of sp³-hybridized carbons (Fsp3) is 0.364. The number of carbonyl (C=O) groups is 3. The van der Waals surface area contributed by atoms with Crippen molar-refractivity contribution < 1.29 is 28.3 Å². The Kier molecular flexibility index (Phi) is 7.45. The number of aryl methyl sites for hydroxylation is 2. The van der Waals surface area contributed by atoms with Crippen LogP contribution in [0.1, 0.15) is 48.6 Å². The number of nitrogens with zero attached hydrogens (tertiary/aromatic N) is 1. The molecule has 214 valence electrons. The lowest BCUT2D eigenvalue weighted by molar-refractivity contribution is -0.141. The zero-order valence-electron chi connectivity index (χ0n) is 23.6. The third-order valence-electron chi connectivity index (χ3n) is 8.89. The Labute approximate surface area is 238 Å². The molecule has 0 unspecified atom stereocenters. The van der Waals surface area contributed by atoms with E-state index in [-0.39, 0.29) is 35.1 Å². The van der Waals surface area contributed by atoms with Gasteiger partial charge in [-0.25, -0.2) is 8.78 Å². The van der Waals surface area contributed by atoms with Crippen LogP contribution in [0.25, 0.3) is 11.1 Å². The summed E-state index contributed by atoms with van der Waals surface area (Å²) in [5.74, 6) is -4.38. The summed E-state index contributed by atoms with van der Waals surface area (Å²) in [6.45, 7) is 8.21. The van der Waals surface area contributed by atoms with Gasteiger partial charge in [-0.1, -0.05) is 62.4 Å². The molecular formula is C33H34F2N2O4. The Bertz CT molecular complexity index is 1500. The molecule has 2 amide bonds. The lowest BCUT2D eigenvalue weighted by atomic mass is 9.91. The third-order valence-corrected chi connectivity index (χ3v) is 8.89. The number of carboxylic acid groups (broad SMARTS) is 1. The van der Waals surface area contributed by atoms with E-state index < -0.39 is 42.0 Å². The second-order valence-electron chi connectivity index (χ2n) is 11.9. The fourth-order valence-corrected chi connectivity index (χ4v) is 6.66. The molecule has 5 rings (SSSR count). The molecule has 0 spiro atoms. The summed E-state index contributed by atoms with van der Waals surface area (Å²) in [4.78, 5) is 40.6. The number of hydrogen-bond donors (Lipinski definition) is 2.